The maximum absolute atomic E-state index is 14.0. The van der Waals surface area contributed by atoms with Crippen LogP contribution in [0.3, 0.4) is 0 Å². The van der Waals surface area contributed by atoms with Gasteiger partial charge in [-0.15, -0.1) is 0 Å². The first-order chi connectivity index (χ1) is 22.5. The van der Waals surface area contributed by atoms with Crippen molar-refractivity contribution in [2.45, 2.75) is 90.2 Å². The molecule has 48 heavy (non-hydrogen) atoms. The van der Waals surface area contributed by atoms with Gasteiger partial charge >= 0.3 is 5.79 Å². The van der Waals surface area contributed by atoms with Crippen molar-refractivity contribution in [2.75, 3.05) is 12.4 Å². The van der Waals surface area contributed by atoms with Crippen LogP contribution in [0.2, 0.25) is 0 Å². The summed E-state index contributed by atoms with van der Waals surface area (Å²) in [5.74, 6) is -7.51. The molecule has 6 N–H and O–H groups in total. The summed E-state index contributed by atoms with van der Waals surface area (Å²) in [6.45, 7) is 9.38. The summed E-state index contributed by atoms with van der Waals surface area (Å²) in [5.41, 5.74) is -1.64. The third-order valence-corrected chi connectivity index (χ3v) is 10.9. The Labute approximate surface area is 277 Å². The molecule has 1 fully saturated rings. The highest BCUT2D eigenvalue weighted by atomic mass is 16.7. The number of anilines is 1. The number of Topliss-reactive ketones (excluding diaryl/α,β-unsaturated/α-hetero) is 2. The smallest absolute Gasteiger partial charge is 0.312 e. The molecule has 6 rings (SSSR count). The van der Waals surface area contributed by atoms with Gasteiger partial charge in [-0.25, -0.2) is 0 Å². The summed E-state index contributed by atoms with van der Waals surface area (Å²) >= 11 is 0. The monoisotopic (exact) mass is 669 g/mol. The zero-order valence-electron chi connectivity index (χ0n) is 27.9. The number of methoxy groups -OCH3 is 1. The van der Waals surface area contributed by atoms with Crippen molar-refractivity contribution in [1.82, 2.24) is 0 Å². The van der Waals surface area contributed by atoms with E-state index in [2.05, 4.69) is 5.32 Å². The van der Waals surface area contributed by atoms with Crippen LogP contribution in [0.1, 0.15) is 63.4 Å². The number of phenolic OH excluding ortho intramolecular Hbond substituents is 2. The number of ether oxygens (including phenoxy) is 4. The van der Waals surface area contributed by atoms with Crippen LogP contribution in [0.4, 0.5) is 5.69 Å². The van der Waals surface area contributed by atoms with Gasteiger partial charge in [-0.05, 0) is 32.3 Å². The van der Waals surface area contributed by atoms with Gasteiger partial charge in [0.05, 0.1) is 53.7 Å². The van der Waals surface area contributed by atoms with Crippen LogP contribution in [0.5, 0.6) is 23.0 Å². The van der Waals surface area contributed by atoms with Gasteiger partial charge in [0.25, 0.3) is 11.7 Å². The molecule has 0 unspecified atom stereocenters. The van der Waals surface area contributed by atoms with E-state index in [1.165, 1.54) is 46.3 Å². The Kier molecular flexibility index (Phi) is 8.22. The highest BCUT2D eigenvalue weighted by molar-refractivity contribution is 6.22. The van der Waals surface area contributed by atoms with Crippen LogP contribution >= 0.6 is 0 Å². The highest BCUT2D eigenvalue weighted by Crippen LogP contribution is 2.56. The molecule has 260 valence electrons. The van der Waals surface area contributed by atoms with Crippen molar-refractivity contribution >= 4 is 33.9 Å². The fourth-order valence-corrected chi connectivity index (χ4v) is 7.54. The molecular formula is C35H43NO12. The average molecular weight is 670 g/mol. The number of benzene rings is 2. The lowest BCUT2D eigenvalue weighted by Crippen LogP contribution is -2.50. The van der Waals surface area contributed by atoms with Gasteiger partial charge in [0.2, 0.25) is 0 Å². The molecule has 2 aromatic rings. The molecule has 1 amide bonds. The van der Waals surface area contributed by atoms with Gasteiger partial charge in [-0.2, -0.15) is 0 Å². The predicted octanol–water partition coefficient (Wildman–Crippen LogP) is 3.09. The first kappa shape index (κ1) is 34.0. The molecule has 11 atom stereocenters. The summed E-state index contributed by atoms with van der Waals surface area (Å²) in [6.07, 6.45) is -1.33. The summed E-state index contributed by atoms with van der Waals surface area (Å²) in [4.78, 5) is 41.0. The molecule has 6 bridgehead atoms. The van der Waals surface area contributed by atoms with E-state index >= 15 is 0 Å². The van der Waals surface area contributed by atoms with E-state index in [1.54, 1.807) is 20.8 Å². The third-order valence-electron chi connectivity index (χ3n) is 10.9. The van der Waals surface area contributed by atoms with Gasteiger partial charge < -0.3 is 49.8 Å². The third kappa shape index (κ3) is 5.10. The molecule has 13 nitrogen and oxygen atoms in total. The number of aromatic hydroxyl groups is 2. The molecule has 13 heteroatoms. The van der Waals surface area contributed by atoms with E-state index in [4.69, 9.17) is 18.9 Å². The normalized spacial score (nSPS) is 38.8. The molecule has 3 heterocycles. The number of aliphatic hydroxyl groups excluding tert-OH is 3. The zero-order valence-corrected chi connectivity index (χ0v) is 27.9. The van der Waals surface area contributed by atoms with Crippen LogP contribution in [0, 0.1) is 36.5 Å². The number of carbonyl (C=O) groups excluding carboxylic acids is 3. The van der Waals surface area contributed by atoms with Crippen molar-refractivity contribution < 1.29 is 58.9 Å². The largest absolute Gasteiger partial charge is 0.507 e. The maximum atomic E-state index is 14.0. The minimum absolute atomic E-state index is 0.0188. The predicted molar refractivity (Wildman–Crippen MR) is 171 cm³/mol. The summed E-state index contributed by atoms with van der Waals surface area (Å²) in [6, 6.07) is 1.20. The zero-order chi connectivity index (χ0) is 35.2. The first-order valence-corrected chi connectivity index (χ1v) is 16.2. The number of rotatable bonds is 1. The van der Waals surface area contributed by atoms with Gasteiger partial charge in [0, 0.05) is 54.7 Å². The van der Waals surface area contributed by atoms with E-state index in [0.717, 1.165) is 0 Å². The van der Waals surface area contributed by atoms with Crippen molar-refractivity contribution in [1.29, 1.82) is 0 Å². The SMILES string of the molecule is CO[C@H]1/C=C\O[C@@]2(C)Oc3c(C)c(O)c4c5c(cc(O)c4c3C2=O)NC(=O)[C@](C)(CC(=O)[C@@H]2C[C@@H]2[C@H](O)[C@@H](C)[C@@H](O)[C@@H](C)[C@H](O)[C@@H]1C)O5. The Morgan fingerprint density at radius 2 is 1.56 bits per heavy atom. The molecule has 1 aliphatic carbocycles. The van der Waals surface area contributed by atoms with Crippen LogP contribution in [-0.4, -0.2) is 85.9 Å². The lowest BCUT2D eigenvalue weighted by atomic mass is 9.79. The number of nitrogens with one attached hydrogen (secondary N) is 1. The average Bonchev–Trinajstić information content (AvgIpc) is 3.80. The minimum Gasteiger partial charge on any atom is -0.507 e. The number of carbonyl (C=O) groups is 3. The number of ketones is 2. The lowest BCUT2D eigenvalue weighted by molar-refractivity contribution is -0.137. The molecule has 2 aromatic carbocycles. The van der Waals surface area contributed by atoms with Crippen LogP contribution in [0.25, 0.3) is 10.8 Å². The van der Waals surface area contributed by atoms with Crippen LogP contribution in [-0.2, 0) is 19.1 Å². The molecule has 1 saturated carbocycles. The van der Waals surface area contributed by atoms with Crippen molar-refractivity contribution in [3.05, 3.63) is 29.5 Å². The number of fused-ring (bicyclic) bond motifs is 3. The number of phenols is 2. The van der Waals surface area contributed by atoms with Crippen molar-refractivity contribution in [3.63, 3.8) is 0 Å². The lowest BCUT2D eigenvalue weighted by Gasteiger charge is -2.36. The Hall–Kier alpha value is -3.91. The first-order valence-electron chi connectivity index (χ1n) is 16.2. The van der Waals surface area contributed by atoms with Gasteiger partial charge in [-0.1, -0.05) is 20.8 Å². The summed E-state index contributed by atoms with van der Waals surface area (Å²) in [7, 11) is 1.44. The second-order valence-corrected chi connectivity index (χ2v) is 14.2. The minimum atomic E-state index is -1.93. The second kappa shape index (κ2) is 11.6. The molecule has 0 radical (unpaired) electrons. The fraction of sp³-hybridized carbons (Fsp3) is 0.571. The van der Waals surface area contributed by atoms with E-state index < -0.39 is 82.8 Å². The maximum Gasteiger partial charge on any atom is 0.312 e. The molecule has 4 aliphatic rings. The van der Waals surface area contributed by atoms with Gasteiger partial charge in [0.15, 0.2) is 11.4 Å². The highest BCUT2D eigenvalue weighted by Gasteiger charge is 2.54. The Bertz CT molecular complexity index is 1740. The topological polar surface area (TPSA) is 201 Å². The standard InChI is InChI=1S/C35H43NO12/c1-13-22(45-7)8-9-46-35(6)32(43)25-23-20(37)11-19-31(24(23)29(42)16(4)30(25)48-35)47-34(5,33(44)36-19)12-21(38)17-10-18(17)28(41)15(3)27(40)14(2)26(13)39/h8-9,11,13-15,17-18,22,26-28,37,39-42H,10,12H2,1-7H3,(H,36,44)/b9-8-/t13-,14+,15+,17-,18+,22+,26-,27+,28-,34+,35+/m1/s1. The Balaban J connectivity index is 1.48. The van der Waals surface area contributed by atoms with Crippen molar-refractivity contribution in [3.8, 4) is 23.0 Å². The fourth-order valence-electron chi connectivity index (χ4n) is 7.54. The Morgan fingerprint density at radius 1 is 0.917 bits per heavy atom. The quantitative estimate of drug-likeness (QED) is 0.260. The molecule has 0 saturated heterocycles. The number of aliphatic hydroxyl groups is 3. The Morgan fingerprint density at radius 3 is 2.23 bits per heavy atom. The second-order valence-electron chi connectivity index (χ2n) is 14.2. The molecule has 0 aromatic heterocycles. The van der Waals surface area contributed by atoms with E-state index in [9.17, 15) is 39.9 Å². The molecule has 3 aliphatic heterocycles. The van der Waals surface area contributed by atoms with Gasteiger partial charge in [0.1, 0.15) is 23.0 Å². The van der Waals surface area contributed by atoms with Crippen LogP contribution in [0.15, 0.2) is 18.4 Å². The number of hydrogen-bond donors (Lipinski definition) is 6. The van der Waals surface area contributed by atoms with Gasteiger partial charge in [-0.3, -0.25) is 14.4 Å². The van der Waals surface area contributed by atoms with Crippen LogP contribution < -0.4 is 14.8 Å². The molecule has 0 spiro atoms. The van der Waals surface area contributed by atoms with Crippen molar-refractivity contribution in [2.24, 2.45) is 29.6 Å². The van der Waals surface area contributed by atoms with E-state index in [-0.39, 0.29) is 57.0 Å². The number of hydrogen-bond acceptors (Lipinski definition) is 12. The summed E-state index contributed by atoms with van der Waals surface area (Å²) in [5, 5.41) is 58.8. The number of amides is 1. The molecular weight excluding hydrogens is 626 g/mol. The van der Waals surface area contributed by atoms with E-state index in [0.29, 0.717) is 6.42 Å². The summed E-state index contributed by atoms with van der Waals surface area (Å²) < 4.78 is 23.7. The van der Waals surface area contributed by atoms with E-state index in [1.807, 2.05) is 0 Å².